The van der Waals surface area contributed by atoms with Gasteiger partial charge in [0.1, 0.15) is 5.75 Å². The summed E-state index contributed by atoms with van der Waals surface area (Å²) in [5.74, 6) is -0.329. The number of nitrogens with one attached hydrogen (secondary N) is 3. The van der Waals surface area contributed by atoms with E-state index in [1.54, 1.807) is 55.6 Å². The van der Waals surface area contributed by atoms with Gasteiger partial charge < -0.3 is 15.4 Å². The van der Waals surface area contributed by atoms with E-state index in [0.717, 1.165) is 17.7 Å². The summed E-state index contributed by atoms with van der Waals surface area (Å²) in [6.45, 7) is 1.43. The molecule has 1 atom stereocenters. The second-order valence-corrected chi connectivity index (χ2v) is 8.79. The Hall–Kier alpha value is -3.72. The monoisotopic (exact) mass is 464 g/mol. The van der Waals surface area contributed by atoms with Gasteiger partial charge in [0.05, 0.1) is 18.7 Å². The Balaban J connectivity index is 1.47. The van der Waals surface area contributed by atoms with Crippen molar-refractivity contribution in [2.75, 3.05) is 23.1 Å². The molecule has 2 aromatic carbocycles. The summed E-state index contributed by atoms with van der Waals surface area (Å²) in [6, 6.07) is 13.8. The Kier molecular flexibility index (Phi) is 6.69. The highest BCUT2D eigenvalue weighted by Crippen LogP contribution is 2.37. The number of carbonyl (C=O) groups excluding carboxylic acids is 3. The van der Waals surface area contributed by atoms with E-state index in [2.05, 4.69) is 20.9 Å². The molecule has 8 nitrogen and oxygen atoms in total. The van der Waals surface area contributed by atoms with Crippen LogP contribution in [0.4, 0.5) is 16.5 Å². The third-order valence-corrected chi connectivity index (χ3v) is 6.34. The first kappa shape index (κ1) is 22.5. The number of hydrogen-bond acceptors (Lipinski definition) is 6. The van der Waals surface area contributed by atoms with Gasteiger partial charge in [-0.25, -0.2) is 4.98 Å². The minimum absolute atomic E-state index is 0.158. The third-order valence-electron chi connectivity index (χ3n) is 5.29. The SMILES string of the molecule is COc1ccc(C(=O)Nc2nc3c(s2)CCCC3C(=O)Nc2cccc(NC(C)=O)c2)cc1. The molecule has 3 aromatic rings. The van der Waals surface area contributed by atoms with Crippen LogP contribution >= 0.6 is 11.3 Å². The predicted molar refractivity (Wildman–Crippen MR) is 128 cm³/mol. The second-order valence-electron chi connectivity index (χ2n) is 7.71. The van der Waals surface area contributed by atoms with Crippen LogP contribution in [0.2, 0.25) is 0 Å². The average Bonchev–Trinajstić information content (AvgIpc) is 3.21. The maximum atomic E-state index is 13.0. The summed E-state index contributed by atoms with van der Waals surface area (Å²) in [6.07, 6.45) is 2.37. The highest BCUT2D eigenvalue weighted by molar-refractivity contribution is 7.16. The molecular formula is C24H24N4O4S. The molecule has 33 heavy (non-hydrogen) atoms. The van der Waals surface area contributed by atoms with Crippen molar-refractivity contribution in [3.8, 4) is 5.75 Å². The quantitative estimate of drug-likeness (QED) is 0.500. The number of benzene rings is 2. The second kappa shape index (κ2) is 9.83. The molecule has 1 heterocycles. The fourth-order valence-electron chi connectivity index (χ4n) is 3.75. The molecule has 0 radical (unpaired) electrons. The number of fused-ring (bicyclic) bond motifs is 1. The molecule has 0 saturated heterocycles. The van der Waals surface area contributed by atoms with Gasteiger partial charge >= 0.3 is 0 Å². The van der Waals surface area contributed by atoms with E-state index in [1.807, 2.05) is 0 Å². The molecule has 3 N–H and O–H groups in total. The lowest BCUT2D eigenvalue weighted by atomic mass is 9.90. The van der Waals surface area contributed by atoms with Crippen LogP contribution in [0.5, 0.6) is 5.75 Å². The number of thiazole rings is 1. The van der Waals surface area contributed by atoms with E-state index in [1.165, 1.54) is 18.3 Å². The predicted octanol–water partition coefficient (Wildman–Crippen LogP) is 4.42. The number of carbonyl (C=O) groups is 3. The van der Waals surface area contributed by atoms with E-state index in [9.17, 15) is 14.4 Å². The molecule has 1 aliphatic rings. The maximum absolute atomic E-state index is 13.0. The van der Waals surface area contributed by atoms with Crippen LogP contribution in [0, 0.1) is 0 Å². The summed E-state index contributed by atoms with van der Waals surface area (Å²) in [5.41, 5.74) is 2.42. The van der Waals surface area contributed by atoms with Crippen molar-refractivity contribution in [1.82, 2.24) is 4.98 Å². The number of anilines is 3. The third kappa shape index (κ3) is 5.38. The minimum Gasteiger partial charge on any atom is -0.497 e. The number of rotatable bonds is 6. The smallest absolute Gasteiger partial charge is 0.257 e. The highest BCUT2D eigenvalue weighted by Gasteiger charge is 2.30. The van der Waals surface area contributed by atoms with Crippen molar-refractivity contribution >= 4 is 45.6 Å². The van der Waals surface area contributed by atoms with Crippen LogP contribution in [-0.4, -0.2) is 29.8 Å². The van der Waals surface area contributed by atoms with E-state index >= 15 is 0 Å². The lowest BCUT2D eigenvalue weighted by Gasteiger charge is -2.20. The minimum atomic E-state index is -0.402. The number of aromatic nitrogens is 1. The van der Waals surface area contributed by atoms with Crippen molar-refractivity contribution < 1.29 is 19.1 Å². The molecule has 4 rings (SSSR count). The molecule has 0 fully saturated rings. The summed E-state index contributed by atoms with van der Waals surface area (Å²) >= 11 is 1.41. The summed E-state index contributed by atoms with van der Waals surface area (Å²) in [7, 11) is 1.57. The van der Waals surface area contributed by atoms with Gasteiger partial charge in [-0.05, 0) is 61.7 Å². The van der Waals surface area contributed by atoms with Crippen LogP contribution in [-0.2, 0) is 16.0 Å². The maximum Gasteiger partial charge on any atom is 0.257 e. The highest BCUT2D eigenvalue weighted by atomic mass is 32.1. The average molecular weight is 465 g/mol. The zero-order valence-corrected chi connectivity index (χ0v) is 19.1. The topological polar surface area (TPSA) is 109 Å². The van der Waals surface area contributed by atoms with Gasteiger partial charge in [-0.1, -0.05) is 6.07 Å². The molecule has 170 valence electrons. The van der Waals surface area contributed by atoms with Gasteiger partial charge in [-0.3, -0.25) is 19.7 Å². The Morgan fingerprint density at radius 2 is 1.76 bits per heavy atom. The number of amides is 3. The van der Waals surface area contributed by atoms with Gasteiger partial charge in [0.15, 0.2) is 5.13 Å². The first-order chi connectivity index (χ1) is 15.9. The lowest BCUT2D eigenvalue weighted by molar-refractivity contribution is -0.118. The lowest BCUT2D eigenvalue weighted by Crippen LogP contribution is -2.24. The molecule has 1 aliphatic carbocycles. The van der Waals surface area contributed by atoms with Crippen molar-refractivity contribution in [1.29, 1.82) is 0 Å². The standard InChI is InChI=1S/C24H24N4O4S/c1-14(29)25-16-5-3-6-17(13-16)26-23(31)19-7-4-8-20-21(19)27-24(33-20)28-22(30)15-9-11-18(32-2)12-10-15/h3,5-6,9-13,19H,4,7-8H2,1-2H3,(H,25,29)(H,26,31)(H,27,28,30). The van der Waals surface area contributed by atoms with Crippen LogP contribution in [0.1, 0.15) is 46.6 Å². The van der Waals surface area contributed by atoms with Crippen molar-refractivity contribution in [2.24, 2.45) is 0 Å². The first-order valence-corrected chi connectivity index (χ1v) is 11.4. The van der Waals surface area contributed by atoms with Gasteiger partial charge in [0.25, 0.3) is 5.91 Å². The first-order valence-electron chi connectivity index (χ1n) is 10.6. The van der Waals surface area contributed by atoms with Gasteiger partial charge in [0, 0.05) is 28.7 Å². The van der Waals surface area contributed by atoms with Gasteiger partial charge in [0.2, 0.25) is 11.8 Å². The zero-order chi connectivity index (χ0) is 23.4. The Bertz CT molecular complexity index is 1190. The molecule has 0 spiro atoms. The Labute approximate surface area is 195 Å². The van der Waals surface area contributed by atoms with Crippen molar-refractivity contribution in [2.45, 2.75) is 32.1 Å². The molecule has 0 saturated carbocycles. The van der Waals surface area contributed by atoms with Crippen LogP contribution in [0.15, 0.2) is 48.5 Å². The van der Waals surface area contributed by atoms with E-state index < -0.39 is 5.92 Å². The van der Waals surface area contributed by atoms with Crippen molar-refractivity contribution in [3.63, 3.8) is 0 Å². The molecular weight excluding hydrogens is 440 g/mol. The number of hydrogen-bond donors (Lipinski definition) is 3. The fourth-order valence-corrected chi connectivity index (χ4v) is 4.81. The van der Waals surface area contributed by atoms with Crippen LogP contribution in [0.25, 0.3) is 0 Å². The van der Waals surface area contributed by atoms with E-state index in [-0.39, 0.29) is 17.7 Å². The fraction of sp³-hybridized carbons (Fsp3) is 0.250. The van der Waals surface area contributed by atoms with E-state index in [0.29, 0.717) is 39.9 Å². The van der Waals surface area contributed by atoms with Gasteiger partial charge in [-0.15, -0.1) is 11.3 Å². The molecule has 0 bridgehead atoms. The summed E-state index contributed by atoms with van der Waals surface area (Å²) in [4.78, 5) is 42.5. The summed E-state index contributed by atoms with van der Waals surface area (Å²) < 4.78 is 5.12. The van der Waals surface area contributed by atoms with Crippen molar-refractivity contribution in [3.05, 3.63) is 64.7 Å². The van der Waals surface area contributed by atoms with E-state index in [4.69, 9.17) is 4.74 Å². The number of methoxy groups -OCH3 is 1. The molecule has 9 heteroatoms. The normalized spacial score (nSPS) is 14.7. The molecule has 3 amide bonds. The molecule has 0 aliphatic heterocycles. The number of aryl methyl sites for hydroxylation is 1. The Morgan fingerprint density at radius 3 is 2.45 bits per heavy atom. The summed E-state index contributed by atoms with van der Waals surface area (Å²) in [5, 5.41) is 8.96. The number of ether oxygens (including phenoxy) is 1. The largest absolute Gasteiger partial charge is 0.497 e. The van der Waals surface area contributed by atoms with Crippen LogP contribution in [0.3, 0.4) is 0 Å². The van der Waals surface area contributed by atoms with Gasteiger partial charge in [-0.2, -0.15) is 0 Å². The zero-order valence-electron chi connectivity index (χ0n) is 18.3. The molecule has 1 aromatic heterocycles. The van der Waals surface area contributed by atoms with Crippen LogP contribution < -0.4 is 20.7 Å². The molecule has 1 unspecified atom stereocenters. The Morgan fingerprint density at radius 1 is 1.03 bits per heavy atom. The number of nitrogens with zero attached hydrogens (tertiary/aromatic N) is 1.